The Morgan fingerprint density at radius 2 is 2.11 bits per heavy atom. The smallest absolute Gasteiger partial charge is 0.255 e. The number of amides is 2. The average Bonchev–Trinajstić information content (AvgIpc) is 3.27. The maximum atomic E-state index is 14.5. The summed E-state index contributed by atoms with van der Waals surface area (Å²) in [6, 6.07) is 8.05. The number of anilines is 3. The van der Waals surface area contributed by atoms with Gasteiger partial charge in [0.1, 0.15) is 5.82 Å². The van der Waals surface area contributed by atoms with E-state index in [1.165, 1.54) is 19.3 Å². The molecule has 0 saturated carbocycles. The molecule has 2 amide bonds. The number of nitrogen functional groups attached to an aromatic ring is 1. The number of aromatic amines is 1. The lowest BCUT2D eigenvalue weighted by Crippen LogP contribution is -2.53. The molecule has 2 aliphatic rings. The molecule has 2 aromatic heterocycles. The zero-order valence-electron chi connectivity index (χ0n) is 19.9. The van der Waals surface area contributed by atoms with Crippen molar-refractivity contribution in [3.63, 3.8) is 0 Å². The largest absolute Gasteiger partial charge is 0.492 e. The number of nitrogens with two attached hydrogens (primary N) is 1. The maximum Gasteiger partial charge on any atom is 0.255 e. The van der Waals surface area contributed by atoms with Gasteiger partial charge in [0.05, 0.1) is 29.7 Å². The molecule has 1 aromatic carbocycles. The third-order valence-corrected chi connectivity index (χ3v) is 7.05. The van der Waals surface area contributed by atoms with Gasteiger partial charge in [-0.05, 0) is 43.2 Å². The fourth-order valence-electron chi connectivity index (χ4n) is 5.16. The molecular weight excluding hydrogens is 463 g/mol. The fraction of sp³-hybridized carbons (Fsp3) is 0.269. The highest BCUT2D eigenvalue weighted by Gasteiger charge is 2.45. The van der Waals surface area contributed by atoms with Gasteiger partial charge < -0.3 is 31.0 Å². The number of likely N-dealkylation sites (tertiary alicyclic amines) is 1. The number of para-hydroxylation sites is 1. The van der Waals surface area contributed by atoms with Crippen LogP contribution in [0.2, 0.25) is 0 Å². The quantitative estimate of drug-likeness (QED) is 0.407. The number of nitrogens with one attached hydrogen (secondary N) is 3. The number of ether oxygens (including phenoxy) is 1. The first-order valence-corrected chi connectivity index (χ1v) is 11.6. The van der Waals surface area contributed by atoms with Crippen molar-refractivity contribution in [3.8, 4) is 17.0 Å². The molecule has 1 saturated heterocycles. The number of hydrogen-bond donors (Lipinski definition) is 4. The minimum atomic E-state index is -0.526. The molecule has 2 aliphatic heterocycles. The van der Waals surface area contributed by atoms with Crippen LogP contribution < -0.4 is 21.1 Å². The van der Waals surface area contributed by atoms with Gasteiger partial charge in [-0.1, -0.05) is 12.6 Å². The van der Waals surface area contributed by atoms with Crippen molar-refractivity contribution in [2.75, 3.05) is 37.8 Å². The number of nitrogens with zero attached hydrogens (tertiary/aromatic N) is 2. The SMILES string of the molecule is C=CC(=O)N1CCC2(CC1)CNC(=O)c1c2[nH]c(-c2ccnc(N)c2)c1Nc1cccc(F)c1OC. The third-order valence-electron chi connectivity index (χ3n) is 7.05. The summed E-state index contributed by atoms with van der Waals surface area (Å²) in [6.07, 6.45) is 4.22. The Bertz CT molecular complexity index is 1360. The van der Waals surface area contributed by atoms with Gasteiger partial charge in [0.2, 0.25) is 5.91 Å². The molecule has 9 nitrogen and oxygen atoms in total. The lowest BCUT2D eigenvalue weighted by molar-refractivity contribution is -0.127. The fourth-order valence-corrected chi connectivity index (χ4v) is 5.16. The number of fused-ring (bicyclic) bond motifs is 2. The minimum Gasteiger partial charge on any atom is -0.492 e. The number of rotatable bonds is 5. The Morgan fingerprint density at radius 3 is 2.81 bits per heavy atom. The monoisotopic (exact) mass is 490 g/mol. The second kappa shape index (κ2) is 9.03. The number of pyridine rings is 1. The first kappa shape index (κ1) is 23.4. The Hall–Kier alpha value is -4.34. The van der Waals surface area contributed by atoms with Crippen molar-refractivity contribution in [3.05, 3.63) is 66.3 Å². The van der Waals surface area contributed by atoms with Crippen molar-refractivity contribution in [1.82, 2.24) is 20.2 Å². The zero-order chi connectivity index (χ0) is 25.4. The number of hydrogen-bond acceptors (Lipinski definition) is 6. The Labute approximate surface area is 207 Å². The predicted molar refractivity (Wildman–Crippen MR) is 135 cm³/mol. The van der Waals surface area contributed by atoms with Crippen molar-refractivity contribution >= 4 is 29.0 Å². The highest BCUT2D eigenvalue weighted by molar-refractivity contribution is 6.07. The third kappa shape index (κ3) is 3.84. The average molecular weight is 491 g/mol. The van der Waals surface area contributed by atoms with Gasteiger partial charge in [-0.25, -0.2) is 9.37 Å². The summed E-state index contributed by atoms with van der Waals surface area (Å²) in [7, 11) is 1.39. The summed E-state index contributed by atoms with van der Waals surface area (Å²) >= 11 is 0. The van der Waals surface area contributed by atoms with Crippen LogP contribution in [0, 0.1) is 5.82 Å². The first-order chi connectivity index (χ1) is 17.4. The van der Waals surface area contributed by atoms with E-state index in [0.717, 1.165) is 11.3 Å². The van der Waals surface area contributed by atoms with Crippen molar-refractivity contribution in [2.45, 2.75) is 18.3 Å². The molecule has 0 bridgehead atoms. The van der Waals surface area contributed by atoms with E-state index in [0.29, 0.717) is 60.9 Å². The number of aromatic nitrogens is 2. The summed E-state index contributed by atoms with van der Waals surface area (Å²) in [4.78, 5) is 34.8. The summed E-state index contributed by atoms with van der Waals surface area (Å²) in [6.45, 7) is 5.10. The number of methoxy groups -OCH3 is 1. The number of carbonyl (C=O) groups is 2. The second-order valence-electron chi connectivity index (χ2n) is 9.03. The molecule has 0 radical (unpaired) electrons. The van der Waals surface area contributed by atoms with Crippen LogP contribution in [-0.2, 0) is 10.2 Å². The van der Waals surface area contributed by atoms with Gasteiger partial charge >= 0.3 is 0 Å². The summed E-state index contributed by atoms with van der Waals surface area (Å²) in [5.41, 5.74) is 9.00. The lowest BCUT2D eigenvalue weighted by atomic mass is 9.72. The first-order valence-electron chi connectivity index (χ1n) is 11.6. The summed E-state index contributed by atoms with van der Waals surface area (Å²) < 4.78 is 19.8. The second-order valence-corrected chi connectivity index (χ2v) is 9.03. The van der Waals surface area contributed by atoms with E-state index in [2.05, 4.69) is 27.2 Å². The van der Waals surface area contributed by atoms with Crippen molar-refractivity contribution in [2.24, 2.45) is 0 Å². The minimum absolute atomic E-state index is 0.0369. The molecule has 3 aromatic rings. The molecule has 10 heteroatoms. The van der Waals surface area contributed by atoms with Gasteiger partial charge in [-0.2, -0.15) is 0 Å². The Balaban J connectivity index is 1.66. The van der Waals surface area contributed by atoms with E-state index in [1.807, 2.05) is 0 Å². The highest BCUT2D eigenvalue weighted by Crippen LogP contribution is 2.46. The van der Waals surface area contributed by atoms with Gasteiger partial charge in [0.15, 0.2) is 11.6 Å². The Kier molecular flexibility index (Phi) is 5.87. The number of piperidine rings is 1. The van der Waals surface area contributed by atoms with Crippen molar-refractivity contribution < 1.29 is 18.7 Å². The van der Waals surface area contributed by atoms with Crippen LogP contribution in [0.15, 0.2) is 49.2 Å². The van der Waals surface area contributed by atoms with Crippen LogP contribution in [0.5, 0.6) is 5.75 Å². The summed E-state index contributed by atoms with van der Waals surface area (Å²) in [5.74, 6) is -0.520. The maximum absolute atomic E-state index is 14.5. The molecule has 0 unspecified atom stereocenters. The van der Waals surface area contributed by atoms with Crippen LogP contribution in [-0.4, -0.2) is 53.4 Å². The number of halogens is 1. The van der Waals surface area contributed by atoms with E-state index in [-0.39, 0.29) is 17.6 Å². The molecular formula is C26H27FN6O3. The van der Waals surface area contributed by atoms with Gasteiger partial charge in [0, 0.05) is 42.5 Å². The van der Waals surface area contributed by atoms with Crippen LogP contribution in [0.1, 0.15) is 28.9 Å². The topological polar surface area (TPSA) is 125 Å². The molecule has 5 N–H and O–H groups in total. The number of H-pyrrole nitrogens is 1. The van der Waals surface area contributed by atoms with Crippen molar-refractivity contribution in [1.29, 1.82) is 0 Å². The van der Waals surface area contributed by atoms with E-state index in [1.54, 1.807) is 35.4 Å². The van der Waals surface area contributed by atoms with Crippen LogP contribution >= 0.6 is 0 Å². The molecule has 186 valence electrons. The molecule has 4 heterocycles. The standard InChI is InChI=1S/C26H27FN6O3/c1-3-19(34)33-11-8-26(9-12-33)14-30-25(35)20-22(31-17-6-4-5-16(27)23(17)36-2)21(32-24(20)26)15-7-10-29-18(28)13-15/h3-7,10,13,31-32H,1,8-9,11-12,14H2,2H3,(H2,28,29)(H,30,35). The predicted octanol–water partition coefficient (Wildman–Crippen LogP) is 3.34. The van der Waals surface area contributed by atoms with E-state index < -0.39 is 11.2 Å². The van der Waals surface area contributed by atoms with Crippen LogP contribution in [0.4, 0.5) is 21.6 Å². The zero-order valence-corrected chi connectivity index (χ0v) is 19.9. The van der Waals surface area contributed by atoms with Gasteiger partial charge in [0.25, 0.3) is 5.91 Å². The van der Waals surface area contributed by atoms with Crippen LogP contribution in [0.3, 0.4) is 0 Å². The number of benzene rings is 1. The molecule has 5 rings (SSSR count). The van der Waals surface area contributed by atoms with E-state index in [4.69, 9.17) is 10.5 Å². The normalized spacial score (nSPS) is 16.3. The van der Waals surface area contributed by atoms with E-state index >= 15 is 0 Å². The van der Waals surface area contributed by atoms with Gasteiger partial charge in [-0.3, -0.25) is 9.59 Å². The van der Waals surface area contributed by atoms with Gasteiger partial charge in [-0.15, -0.1) is 0 Å². The molecule has 0 aliphatic carbocycles. The lowest BCUT2D eigenvalue weighted by Gasteiger charge is -2.43. The molecule has 0 atom stereocenters. The van der Waals surface area contributed by atoms with Crippen LogP contribution in [0.25, 0.3) is 11.3 Å². The Morgan fingerprint density at radius 1 is 1.33 bits per heavy atom. The molecule has 1 fully saturated rings. The van der Waals surface area contributed by atoms with E-state index in [9.17, 15) is 14.0 Å². The highest BCUT2D eigenvalue weighted by atomic mass is 19.1. The number of carbonyl (C=O) groups excluding carboxylic acids is 2. The molecule has 36 heavy (non-hydrogen) atoms. The summed E-state index contributed by atoms with van der Waals surface area (Å²) in [5, 5.41) is 6.29. The molecule has 1 spiro atoms.